The van der Waals surface area contributed by atoms with Gasteiger partial charge < -0.3 is 0 Å². The Morgan fingerprint density at radius 2 is 1.36 bits per heavy atom. The van der Waals surface area contributed by atoms with Crippen molar-refractivity contribution in [2.75, 3.05) is 0 Å². The maximum absolute atomic E-state index is 2.34. The van der Waals surface area contributed by atoms with Crippen molar-refractivity contribution in [1.82, 2.24) is 0 Å². The van der Waals surface area contributed by atoms with Gasteiger partial charge in [0.2, 0.25) is 0 Å². The molecule has 0 saturated carbocycles. The van der Waals surface area contributed by atoms with Crippen molar-refractivity contribution >= 4 is 10.8 Å². The Kier molecular flexibility index (Phi) is 3.16. The summed E-state index contributed by atoms with van der Waals surface area (Å²) in [5.74, 6) is 0. The maximum Gasteiger partial charge on any atom is -0.0102 e. The smallest absolute Gasteiger partial charge is 0.0102 e. The maximum atomic E-state index is 2.34. The third-order valence-electron chi connectivity index (χ3n) is 4.46. The fraction of sp³-hybridized carbons (Fsp3) is 0.0909. The molecule has 0 unspecified atom stereocenters. The van der Waals surface area contributed by atoms with Gasteiger partial charge >= 0.3 is 0 Å². The highest BCUT2D eigenvalue weighted by atomic mass is 14.2. The van der Waals surface area contributed by atoms with Crippen LogP contribution in [0.4, 0.5) is 0 Å². The highest BCUT2D eigenvalue weighted by molar-refractivity contribution is 6.00. The molecule has 2 aliphatic rings. The first-order valence-electron chi connectivity index (χ1n) is 7.87. The van der Waals surface area contributed by atoms with Gasteiger partial charge in [0.15, 0.2) is 0 Å². The van der Waals surface area contributed by atoms with E-state index < -0.39 is 0 Å². The number of hydrogen-bond acceptors (Lipinski definition) is 0. The van der Waals surface area contributed by atoms with Gasteiger partial charge in [-0.3, -0.25) is 0 Å². The van der Waals surface area contributed by atoms with Crippen molar-refractivity contribution in [1.29, 1.82) is 0 Å². The molecule has 0 spiro atoms. The molecule has 0 amide bonds. The van der Waals surface area contributed by atoms with E-state index in [1.807, 2.05) is 0 Å². The summed E-state index contributed by atoms with van der Waals surface area (Å²) in [5, 5.41) is 2.64. The fourth-order valence-electron chi connectivity index (χ4n) is 3.43. The normalized spacial score (nSPS) is 11.1. The summed E-state index contributed by atoms with van der Waals surface area (Å²) in [6.45, 7) is 2.25. The zero-order valence-corrected chi connectivity index (χ0v) is 12.7. The largest absolute Gasteiger partial charge is 0.0622 e. The first-order chi connectivity index (χ1) is 10.9. The molecule has 2 aromatic rings. The molecular weight excluding hydrogens is 264 g/mol. The molecule has 0 nitrogen and oxygen atoms in total. The number of hydrogen-bond donors (Lipinski definition) is 0. The molecule has 22 heavy (non-hydrogen) atoms. The third kappa shape index (κ3) is 2.00. The average molecular weight is 282 g/mol. The standard InChI is InChI=1S/C22H18/c1-2-18-20-12-5-3-4-10-17(20)15-22(18)21-14-8-11-16-9-6-7-13-19(16)21/h3-15H,2H2,1H3. The van der Waals surface area contributed by atoms with E-state index in [0.717, 1.165) is 6.42 Å². The summed E-state index contributed by atoms with van der Waals surface area (Å²) < 4.78 is 0. The molecule has 0 saturated heterocycles. The van der Waals surface area contributed by atoms with E-state index >= 15 is 0 Å². The fourth-order valence-corrected chi connectivity index (χ4v) is 3.43. The third-order valence-corrected chi connectivity index (χ3v) is 4.46. The average Bonchev–Trinajstić information content (AvgIpc) is 2.75. The summed E-state index contributed by atoms with van der Waals surface area (Å²) in [6, 6.07) is 28.4. The molecule has 0 radical (unpaired) electrons. The van der Waals surface area contributed by atoms with E-state index in [9.17, 15) is 0 Å². The Morgan fingerprint density at radius 3 is 2.27 bits per heavy atom. The molecule has 2 aromatic carbocycles. The van der Waals surface area contributed by atoms with Crippen molar-refractivity contribution in [3.63, 3.8) is 0 Å². The van der Waals surface area contributed by atoms with E-state index in [4.69, 9.17) is 0 Å². The van der Waals surface area contributed by atoms with Gasteiger partial charge in [-0.05, 0) is 51.1 Å². The van der Waals surface area contributed by atoms with Crippen molar-refractivity contribution in [2.45, 2.75) is 13.3 Å². The zero-order chi connectivity index (χ0) is 14.9. The van der Waals surface area contributed by atoms with E-state index in [0.29, 0.717) is 0 Å². The van der Waals surface area contributed by atoms with Crippen LogP contribution in [0.15, 0.2) is 78.9 Å². The van der Waals surface area contributed by atoms with Crippen molar-refractivity contribution in [3.05, 3.63) is 84.4 Å². The zero-order valence-electron chi connectivity index (χ0n) is 12.7. The van der Waals surface area contributed by atoms with Crippen LogP contribution in [0, 0.1) is 0 Å². The number of rotatable bonds is 2. The summed E-state index contributed by atoms with van der Waals surface area (Å²) in [7, 11) is 0. The van der Waals surface area contributed by atoms with Crippen molar-refractivity contribution in [3.8, 4) is 22.3 Å². The first-order valence-corrected chi connectivity index (χ1v) is 7.87. The molecule has 0 bridgehead atoms. The molecule has 0 N–H and O–H groups in total. The highest BCUT2D eigenvalue weighted by Crippen LogP contribution is 2.40. The van der Waals surface area contributed by atoms with Crippen LogP contribution in [0.3, 0.4) is 0 Å². The molecule has 0 fully saturated rings. The minimum atomic E-state index is 1.05. The van der Waals surface area contributed by atoms with Gasteiger partial charge in [-0.1, -0.05) is 79.7 Å². The van der Waals surface area contributed by atoms with E-state index in [1.54, 1.807) is 0 Å². The van der Waals surface area contributed by atoms with Crippen LogP contribution >= 0.6 is 0 Å². The van der Waals surface area contributed by atoms with Gasteiger partial charge in [0.1, 0.15) is 0 Å². The van der Waals surface area contributed by atoms with Crippen LogP contribution in [-0.4, -0.2) is 0 Å². The Hall–Kier alpha value is -2.60. The van der Waals surface area contributed by atoms with Crippen molar-refractivity contribution in [2.24, 2.45) is 0 Å². The van der Waals surface area contributed by atoms with Crippen molar-refractivity contribution < 1.29 is 0 Å². The first kappa shape index (κ1) is 13.1. The second-order valence-corrected chi connectivity index (χ2v) is 5.70. The summed E-state index contributed by atoms with van der Waals surface area (Å²) in [4.78, 5) is 0. The Labute approximate surface area is 131 Å². The Balaban J connectivity index is 2.07. The minimum Gasteiger partial charge on any atom is -0.0622 e. The van der Waals surface area contributed by atoms with E-state index in [2.05, 4.69) is 85.8 Å². The summed E-state index contributed by atoms with van der Waals surface area (Å²) in [6.07, 6.45) is 1.05. The lowest BCUT2D eigenvalue weighted by atomic mass is 9.96. The lowest BCUT2D eigenvalue weighted by Crippen LogP contribution is -1.85. The Bertz CT molecular complexity index is 913. The van der Waals surface area contributed by atoms with Crippen LogP contribution < -0.4 is 0 Å². The quantitative estimate of drug-likeness (QED) is 0.412. The van der Waals surface area contributed by atoms with Crippen LogP contribution in [0.2, 0.25) is 0 Å². The van der Waals surface area contributed by atoms with Crippen LogP contribution in [-0.2, 0) is 6.42 Å². The predicted molar refractivity (Wildman–Crippen MR) is 95.4 cm³/mol. The molecule has 0 heterocycles. The minimum absolute atomic E-state index is 1.05. The van der Waals surface area contributed by atoms with Crippen LogP contribution in [0.1, 0.15) is 12.5 Å². The van der Waals surface area contributed by atoms with Gasteiger partial charge in [-0.15, -0.1) is 0 Å². The van der Waals surface area contributed by atoms with Crippen LogP contribution in [0.5, 0.6) is 0 Å². The lowest BCUT2D eigenvalue weighted by molar-refractivity contribution is 1.16. The van der Waals surface area contributed by atoms with Gasteiger partial charge in [-0.25, -0.2) is 0 Å². The molecule has 4 rings (SSSR count). The summed E-state index contributed by atoms with van der Waals surface area (Å²) in [5.41, 5.74) is 6.86. The molecular formula is C22H18. The highest BCUT2D eigenvalue weighted by Gasteiger charge is 2.16. The second kappa shape index (κ2) is 5.31. The molecule has 0 atom stereocenters. The SMILES string of the molecule is CCc1c2cccccc-2cc1-c1cccc2ccccc12. The van der Waals surface area contributed by atoms with E-state index in [1.165, 1.54) is 38.6 Å². The topological polar surface area (TPSA) is 0 Å². The lowest BCUT2D eigenvalue weighted by Gasteiger charge is -2.08. The molecule has 2 aliphatic carbocycles. The predicted octanol–water partition coefficient (Wildman–Crippen LogP) is 6.17. The molecule has 106 valence electrons. The van der Waals surface area contributed by atoms with E-state index in [-0.39, 0.29) is 0 Å². The Morgan fingerprint density at radius 1 is 0.636 bits per heavy atom. The van der Waals surface area contributed by atoms with Gasteiger partial charge in [-0.2, -0.15) is 0 Å². The molecule has 0 aromatic heterocycles. The number of fused-ring (bicyclic) bond motifs is 2. The monoisotopic (exact) mass is 282 g/mol. The van der Waals surface area contributed by atoms with Gasteiger partial charge in [0, 0.05) is 0 Å². The van der Waals surface area contributed by atoms with Gasteiger partial charge in [0.25, 0.3) is 0 Å². The van der Waals surface area contributed by atoms with Crippen LogP contribution in [0.25, 0.3) is 33.0 Å². The second-order valence-electron chi connectivity index (χ2n) is 5.70. The molecule has 0 aliphatic heterocycles. The molecule has 0 heteroatoms. The van der Waals surface area contributed by atoms with Gasteiger partial charge in [0.05, 0.1) is 0 Å². The number of benzene rings is 2. The summed E-state index contributed by atoms with van der Waals surface area (Å²) >= 11 is 0.